The Kier molecular flexibility index (Phi) is 11.4. The van der Waals surface area contributed by atoms with Crippen molar-refractivity contribution in [2.24, 2.45) is 0 Å². The van der Waals surface area contributed by atoms with E-state index in [4.69, 9.17) is 0 Å². The summed E-state index contributed by atoms with van der Waals surface area (Å²) in [5.74, 6) is 0. The van der Waals surface area contributed by atoms with E-state index in [2.05, 4.69) is 229 Å². The van der Waals surface area contributed by atoms with Gasteiger partial charge in [-0.1, -0.05) is 165 Å². The Hall–Kier alpha value is -6.12. The zero-order valence-electron chi connectivity index (χ0n) is 29.7. The van der Waals surface area contributed by atoms with Crippen molar-refractivity contribution < 1.29 is 0 Å². The van der Waals surface area contributed by atoms with E-state index < -0.39 is 0 Å². The molecule has 6 aromatic carbocycles. The van der Waals surface area contributed by atoms with E-state index in [1.165, 1.54) is 52.6 Å². The Morgan fingerprint density at radius 3 is 0.904 bits per heavy atom. The van der Waals surface area contributed by atoms with Gasteiger partial charge >= 0.3 is 0 Å². The molecule has 1 saturated carbocycles. The van der Waals surface area contributed by atoms with Crippen molar-refractivity contribution in [1.82, 2.24) is 0 Å². The van der Waals surface area contributed by atoms with Crippen LogP contribution in [0.4, 0.5) is 11.4 Å². The van der Waals surface area contributed by atoms with E-state index in [0.29, 0.717) is 0 Å². The van der Waals surface area contributed by atoms with Gasteiger partial charge in [-0.25, -0.2) is 0 Å². The number of anilines is 2. The zero-order chi connectivity index (χ0) is 35.3. The molecule has 52 heavy (non-hydrogen) atoms. The van der Waals surface area contributed by atoms with E-state index in [-0.39, 0.29) is 5.41 Å². The molecule has 1 fully saturated rings. The molecule has 0 aromatic heterocycles. The van der Waals surface area contributed by atoms with Gasteiger partial charge in [-0.3, -0.25) is 0 Å². The largest absolute Gasteiger partial charge is 0.324 e. The van der Waals surface area contributed by atoms with Gasteiger partial charge in [-0.05, 0) is 94.8 Å². The van der Waals surface area contributed by atoms with Crippen LogP contribution in [0.25, 0.3) is 24.3 Å². The minimum absolute atomic E-state index is 0.00944. The zero-order valence-corrected chi connectivity index (χ0v) is 29.7. The first kappa shape index (κ1) is 34.3. The van der Waals surface area contributed by atoms with Crippen LogP contribution in [0.15, 0.2) is 195 Å². The van der Waals surface area contributed by atoms with Gasteiger partial charge in [0.25, 0.3) is 0 Å². The van der Waals surface area contributed by atoms with E-state index in [9.17, 15) is 0 Å². The molecule has 7 rings (SSSR count). The Bertz CT molecular complexity index is 1820. The Balaban J connectivity index is 1.18. The summed E-state index contributed by atoms with van der Waals surface area (Å²) < 4.78 is 0. The average Bonchev–Trinajstić information content (AvgIpc) is 3.23. The second-order valence-electron chi connectivity index (χ2n) is 13.5. The topological polar surface area (TPSA) is 6.48 Å². The highest BCUT2D eigenvalue weighted by atomic mass is 15.1. The monoisotopic (exact) mass is 674 g/mol. The molecule has 0 saturated heterocycles. The van der Waals surface area contributed by atoms with Crippen LogP contribution in [-0.4, -0.2) is 0 Å². The maximum absolute atomic E-state index is 2.37. The first-order valence-electron chi connectivity index (χ1n) is 18.5. The molecule has 0 unspecified atom stereocenters. The summed E-state index contributed by atoms with van der Waals surface area (Å²) in [6, 6.07) is 60.5. The quantitative estimate of drug-likeness (QED) is 0.127. The van der Waals surface area contributed by atoms with Gasteiger partial charge in [0.2, 0.25) is 0 Å². The molecule has 1 aliphatic rings. The number of nitrogens with zero attached hydrogens (tertiary/aromatic N) is 2. The van der Waals surface area contributed by atoms with Crippen molar-refractivity contribution >= 4 is 35.7 Å². The number of rotatable bonds is 12. The number of hydrogen-bond donors (Lipinski definition) is 0. The maximum Gasteiger partial charge on any atom is 0.0449 e. The first-order valence-corrected chi connectivity index (χ1v) is 18.5. The molecule has 256 valence electrons. The fraction of sp³-hybridized carbons (Fsp3) is 0.120. The minimum atomic E-state index is -0.00944. The standard InChI is InChI=1S/C50H46N2/c1-6-16-42(17-7-1)32-38-51(39-33-43-18-8-2-9-19-43)48-28-24-46(25-29-48)50(36-14-5-15-37-50)47-26-30-49(31-27-47)52(40-34-44-20-10-3-11-21-44)41-35-45-22-12-4-13-23-45/h1-4,6-13,16-35,38-41H,5,14-15,36-37H2. The van der Waals surface area contributed by atoms with E-state index in [0.717, 1.165) is 24.2 Å². The molecular formula is C50H46N2. The SMILES string of the molecule is C(=CN(C=Cc1ccccc1)c1ccc(C2(c3ccc(N(C=Cc4ccccc4)C=Cc4ccccc4)cc3)CCCCC2)cc1)c1ccccc1. The number of benzene rings is 6. The van der Waals surface area contributed by atoms with Gasteiger partial charge in [-0.2, -0.15) is 0 Å². The highest BCUT2D eigenvalue weighted by Gasteiger charge is 2.35. The van der Waals surface area contributed by atoms with E-state index in [1.54, 1.807) is 0 Å². The molecule has 2 nitrogen and oxygen atoms in total. The molecule has 1 aliphatic carbocycles. The van der Waals surface area contributed by atoms with Crippen molar-refractivity contribution in [3.8, 4) is 0 Å². The summed E-state index contributed by atoms with van der Waals surface area (Å²) in [7, 11) is 0. The third kappa shape index (κ3) is 8.78. The van der Waals surface area contributed by atoms with Crippen LogP contribution in [0.5, 0.6) is 0 Å². The van der Waals surface area contributed by atoms with Crippen molar-refractivity contribution in [3.05, 3.63) is 228 Å². The molecule has 6 aromatic rings. The lowest BCUT2D eigenvalue weighted by atomic mass is 9.65. The summed E-state index contributed by atoms with van der Waals surface area (Å²) in [5, 5.41) is 0. The fourth-order valence-electron chi connectivity index (χ4n) is 7.17. The molecule has 0 spiro atoms. The third-order valence-electron chi connectivity index (χ3n) is 10.1. The highest BCUT2D eigenvalue weighted by molar-refractivity contribution is 5.66. The van der Waals surface area contributed by atoms with Crippen molar-refractivity contribution in [2.75, 3.05) is 9.80 Å². The lowest BCUT2D eigenvalue weighted by Crippen LogP contribution is -2.30. The summed E-state index contributed by atoms with van der Waals surface area (Å²) in [6.07, 6.45) is 23.4. The predicted octanol–water partition coefficient (Wildman–Crippen LogP) is 13.2. The molecule has 0 heterocycles. The van der Waals surface area contributed by atoms with Gasteiger partial charge < -0.3 is 9.80 Å². The smallest absolute Gasteiger partial charge is 0.0449 e. The van der Waals surface area contributed by atoms with Crippen LogP contribution in [0.2, 0.25) is 0 Å². The van der Waals surface area contributed by atoms with E-state index >= 15 is 0 Å². The first-order chi connectivity index (χ1) is 25.7. The van der Waals surface area contributed by atoms with Gasteiger partial charge in [0.1, 0.15) is 0 Å². The lowest BCUT2D eigenvalue weighted by Gasteiger charge is -2.39. The van der Waals surface area contributed by atoms with Crippen molar-refractivity contribution in [1.29, 1.82) is 0 Å². The van der Waals surface area contributed by atoms with Crippen molar-refractivity contribution in [2.45, 2.75) is 37.5 Å². The summed E-state index contributed by atoms with van der Waals surface area (Å²) in [6.45, 7) is 0. The van der Waals surface area contributed by atoms with Crippen LogP contribution in [-0.2, 0) is 5.41 Å². The van der Waals surface area contributed by atoms with Gasteiger partial charge in [0.05, 0.1) is 0 Å². The predicted molar refractivity (Wildman–Crippen MR) is 224 cm³/mol. The third-order valence-corrected chi connectivity index (χ3v) is 10.1. The fourth-order valence-corrected chi connectivity index (χ4v) is 7.17. The molecule has 0 N–H and O–H groups in total. The van der Waals surface area contributed by atoms with Crippen LogP contribution in [0.1, 0.15) is 65.5 Å². The minimum Gasteiger partial charge on any atom is -0.324 e. The normalized spacial score (nSPS) is 14.4. The van der Waals surface area contributed by atoms with Gasteiger partial charge in [-0.15, -0.1) is 0 Å². The molecule has 0 radical (unpaired) electrons. The van der Waals surface area contributed by atoms with E-state index in [1.807, 2.05) is 0 Å². The Labute approximate surface area is 310 Å². The Morgan fingerprint density at radius 2 is 0.615 bits per heavy atom. The average molecular weight is 675 g/mol. The summed E-state index contributed by atoms with van der Waals surface area (Å²) in [5.41, 5.74) is 9.74. The van der Waals surface area contributed by atoms with Crippen LogP contribution >= 0.6 is 0 Å². The molecule has 0 atom stereocenters. The second kappa shape index (κ2) is 17.2. The molecule has 0 bridgehead atoms. The molecule has 0 amide bonds. The summed E-state index contributed by atoms with van der Waals surface area (Å²) in [4.78, 5) is 4.43. The Morgan fingerprint density at radius 1 is 0.327 bits per heavy atom. The molecule has 0 aliphatic heterocycles. The van der Waals surface area contributed by atoms with Crippen molar-refractivity contribution in [3.63, 3.8) is 0 Å². The molecular weight excluding hydrogens is 629 g/mol. The lowest BCUT2D eigenvalue weighted by molar-refractivity contribution is 0.346. The summed E-state index contributed by atoms with van der Waals surface area (Å²) >= 11 is 0. The van der Waals surface area contributed by atoms with Gasteiger partial charge in [0.15, 0.2) is 0 Å². The van der Waals surface area contributed by atoms with Crippen LogP contribution in [0.3, 0.4) is 0 Å². The maximum atomic E-state index is 2.37. The van der Waals surface area contributed by atoms with Gasteiger partial charge in [0, 0.05) is 41.6 Å². The molecule has 2 heteroatoms. The highest BCUT2D eigenvalue weighted by Crippen LogP contribution is 2.45. The number of hydrogen-bond acceptors (Lipinski definition) is 2. The van der Waals surface area contributed by atoms with Crippen LogP contribution < -0.4 is 9.80 Å². The second-order valence-corrected chi connectivity index (χ2v) is 13.5. The van der Waals surface area contributed by atoms with Crippen LogP contribution in [0, 0.1) is 0 Å².